The molecule has 1 amide bonds. The van der Waals surface area contributed by atoms with Crippen LogP contribution in [0.15, 0.2) is 80.5 Å². The van der Waals surface area contributed by atoms with Gasteiger partial charge in [0.2, 0.25) is 0 Å². The maximum atomic E-state index is 13.0. The van der Waals surface area contributed by atoms with E-state index in [2.05, 4.69) is 23.1 Å². The number of likely N-dealkylation sites (N-methyl/N-ethyl adjacent to an activating group) is 1. The molecule has 0 bridgehead atoms. The first-order valence-corrected chi connectivity index (χ1v) is 11.1. The minimum Gasteiger partial charge on any atom is -0.497 e. The van der Waals surface area contributed by atoms with Crippen molar-refractivity contribution >= 4 is 56.7 Å². The molecule has 0 unspecified atom stereocenters. The molecular formula is C23H19N3O2S2. The highest BCUT2D eigenvalue weighted by molar-refractivity contribution is 8.19. The minimum atomic E-state index is -0.0336. The monoisotopic (exact) mass is 433 g/mol. The third-order valence-corrected chi connectivity index (χ3v) is 7.66. The van der Waals surface area contributed by atoms with E-state index in [1.807, 2.05) is 49.5 Å². The van der Waals surface area contributed by atoms with Crippen molar-refractivity contribution in [3.8, 4) is 5.75 Å². The highest BCUT2D eigenvalue weighted by atomic mass is 32.2. The fraction of sp³-hybridized carbons (Fsp3) is 0.130. The van der Waals surface area contributed by atoms with E-state index in [-0.39, 0.29) is 5.91 Å². The lowest BCUT2D eigenvalue weighted by Crippen LogP contribution is -2.24. The Hall–Kier alpha value is -2.90. The summed E-state index contributed by atoms with van der Waals surface area (Å²) >= 11 is 3.02. The Morgan fingerprint density at radius 3 is 2.50 bits per heavy atom. The number of amides is 1. The smallest absolute Gasteiger partial charge is 0.269 e. The maximum absolute atomic E-state index is 13.0. The molecule has 30 heavy (non-hydrogen) atoms. The molecule has 1 fully saturated rings. The molecule has 0 N–H and O–H groups in total. The molecule has 7 heteroatoms. The number of ether oxygens (including phenoxy) is 1. The molecule has 0 saturated carbocycles. The van der Waals surface area contributed by atoms with Crippen LogP contribution in [0.2, 0.25) is 0 Å². The van der Waals surface area contributed by atoms with Gasteiger partial charge in [-0.2, -0.15) is 0 Å². The first kappa shape index (κ1) is 19.1. The topological polar surface area (TPSA) is 45.1 Å². The van der Waals surface area contributed by atoms with E-state index >= 15 is 0 Å². The number of thioether (sulfide) groups is 2. The van der Waals surface area contributed by atoms with Crippen molar-refractivity contribution in [2.75, 3.05) is 26.1 Å². The van der Waals surface area contributed by atoms with Crippen molar-refractivity contribution < 1.29 is 9.53 Å². The number of hydrogen-bond donors (Lipinski definition) is 0. The number of rotatable bonds is 2. The summed E-state index contributed by atoms with van der Waals surface area (Å²) in [6.07, 6.45) is 0. The molecule has 5 nitrogen and oxygen atoms in total. The molecule has 3 aromatic carbocycles. The van der Waals surface area contributed by atoms with Crippen LogP contribution in [-0.2, 0) is 4.79 Å². The van der Waals surface area contributed by atoms with E-state index < -0.39 is 0 Å². The van der Waals surface area contributed by atoms with Gasteiger partial charge in [-0.3, -0.25) is 9.69 Å². The van der Waals surface area contributed by atoms with Crippen LogP contribution in [0, 0.1) is 0 Å². The highest BCUT2D eigenvalue weighted by Gasteiger charge is 2.37. The second kappa shape index (κ2) is 7.41. The number of hydrogen-bond acceptors (Lipinski definition) is 6. The number of benzene rings is 3. The molecule has 0 aromatic heterocycles. The molecular weight excluding hydrogens is 414 g/mol. The third-order valence-electron chi connectivity index (χ3n) is 5.17. The molecule has 0 radical (unpaired) electrons. The second-order valence-electron chi connectivity index (χ2n) is 7.02. The summed E-state index contributed by atoms with van der Waals surface area (Å²) in [5.41, 5.74) is 1.88. The van der Waals surface area contributed by atoms with Crippen molar-refractivity contribution in [3.05, 3.63) is 70.6 Å². The van der Waals surface area contributed by atoms with Crippen molar-refractivity contribution in [1.82, 2.24) is 4.90 Å². The largest absolute Gasteiger partial charge is 0.497 e. The molecule has 2 aliphatic rings. The molecule has 1 saturated heterocycles. The van der Waals surface area contributed by atoms with Gasteiger partial charge in [0.15, 0.2) is 5.17 Å². The molecule has 2 heterocycles. The SMILES string of the molecule is COc1ccc2c(c1)N(C)/C(=C1/SC(=Nc3ccc4ccccc4c3)N(C)C1=O)S2. The van der Waals surface area contributed by atoms with Crippen LogP contribution in [0.5, 0.6) is 5.75 Å². The predicted octanol–water partition coefficient (Wildman–Crippen LogP) is 5.45. The van der Waals surface area contributed by atoms with Gasteiger partial charge in [-0.1, -0.05) is 42.1 Å². The Morgan fingerprint density at radius 2 is 1.70 bits per heavy atom. The lowest BCUT2D eigenvalue weighted by atomic mass is 10.1. The van der Waals surface area contributed by atoms with Gasteiger partial charge in [0, 0.05) is 25.1 Å². The molecule has 2 aliphatic heterocycles. The molecule has 0 spiro atoms. The zero-order valence-electron chi connectivity index (χ0n) is 16.7. The molecule has 0 aliphatic carbocycles. The first-order valence-electron chi connectivity index (χ1n) is 9.42. The summed E-state index contributed by atoms with van der Waals surface area (Å²) in [5.74, 6) is 0.766. The van der Waals surface area contributed by atoms with Crippen molar-refractivity contribution in [2.24, 2.45) is 4.99 Å². The van der Waals surface area contributed by atoms with Crippen molar-refractivity contribution in [3.63, 3.8) is 0 Å². The maximum Gasteiger partial charge on any atom is 0.269 e. The zero-order chi connectivity index (χ0) is 20.8. The summed E-state index contributed by atoms with van der Waals surface area (Å²) in [6, 6.07) is 20.2. The summed E-state index contributed by atoms with van der Waals surface area (Å²) in [6.45, 7) is 0. The Balaban J connectivity index is 1.50. The number of methoxy groups -OCH3 is 1. The van der Waals surface area contributed by atoms with Gasteiger partial charge >= 0.3 is 0 Å². The van der Waals surface area contributed by atoms with Gasteiger partial charge in [0.25, 0.3) is 5.91 Å². The average molecular weight is 434 g/mol. The van der Waals surface area contributed by atoms with E-state index in [4.69, 9.17) is 9.73 Å². The summed E-state index contributed by atoms with van der Waals surface area (Å²) in [7, 11) is 5.41. The number of amidine groups is 1. The quantitative estimate of drug-likeness (QED) is 0.503. The van der Waals surface area contributed by atoms with Crippen molar-refractivity contribution in [2.45, 2.75) is 4.90 Å². The number of nitrogens with zero attached hydrogens (tertiary/aromatic N) is 3. The minimum absolute atomic E-state index is 0.0336. The van der Waals surface area contributed by atoms with E-state index in [9.17, 15) is 4.79 Å². The van der Waals surface area contributed by atoms with E-state index in [1.54, 1.807) is 30.8 Å². The summed E-state index contributed by atoms with van der Waals surface area (Å²) in [5, 5.41) is 3.90. The number of anilines is 1. The third kappa shape index (κ3) is 3.14. The molecule has 5 rings (SSSR count). The molecule has 3 aromatic rings. The second-order valence-corrected chi connectivity index (χ2v) is 9.03. The standard InChI is InChI=1S/C23H19N3O2S2/c1-25-18-13-17(28-3)10-11-19(18)29-22(25)20-21(27)26(2)23(30-20)24-16-9-8-14-6-4-5-7-15(14)12-16/h4-13H,1-3H3/b22-20-,24-23?. The van der Waals surface area contributed by atoms with Crippen LogP contribution < -0.4 is 9.64 Å². The zero-order valence-corrected chi connectivity index (χ0v) is 18.4. The lowest BCUT2D eigenvalue weighted by Gasteiger charge is -2.15. The Morgan fingerprint density at radius 1 is 0.900 bits per heavy atom. The van der Waals surface area contributed by atoms with Gasteiger partial charge < -0.3 is 9.64 Å². The van der Waals surface area contributed by atoms with Crippen molar-refractivity contribution in [1.29, 1.82) is 0 Å². The lowest BCUT2D eigenvalue weighted by molar-refractivity contribution is -0.121. The van der Waals surface area contributed by atoms with Gasteiger partial charge in [-0.05, 0) is 46.8 Å². The van der Waals surface area contributed by atoms with Gasteiger partial charge in [0.1, 0.15) is 10.7 Å². The summed E-state index contributed by atoms with van der Waals surface area (Å²) in [4.78, 5) is 23.3. The average Bonchev–Trinajstić information content (AvgIpc) is 3.24. The van der Waals surface area contributed by atoms with Gasteiger partial charge in [-0.15, -0.1) is 0 Å². The highest BCUT2D eigenvalue weighted by Crippen LogP contribution is 2.50. The van der Waals surface area contributed by atoms with E-state index in [1.165, 1.54) is 17.1 Å². The normalized spacial score (nSPS) is 19.8. The number of fused-ring (bicyclic) bond motifs is 2. The van der Waals surface area contributed by atoms with Gasteiger partial charge in [-0.25, -0.2) is 4.99 Å². The Kier molecular flexibility index (Phi) is 4.72. The summed E-state index contributed by atoms with van der Waals surface area (Å²) < 4.78 is 5.35. The number of carbonyl (C=O) groups excluding carboxylic acids is 1. The van der Waals surface area contributed by atoms with Gasteiger partial charge in [0.05, 0.1) is 23.5 Å². The van der Waals surface area contributed by atoms with Crippen LogP contribution in [0.25, 0.3) is 10.8 Å². The number of carbonyl (C=O) groups is 1. The fourth-order valence-electron chi connectivity index (χ4n) is 3.49. The Labute approximate surface area is 183 Å². The number of aliphatic imine (C=N–C) groups is 1. The van der Waals surface area contributed by atoms with Crippen LogP contribution >= 0.6 is 23.5 Å². The van der Waals surface area contributed by atoms with Crippen LogP contribution in [-0.4, -0.2) is 37.2 Å². The molecule has 150 valence electrons. The molecule has 0 atom stereocenters. The first-order chi connectivity index (χ1) is 14.5. The fourth-order valence-corrected chi connectivity index (χ4v) is 5.80. The van der Waals surface area contributed by atoms with E-state index in [0.717, 1.165) is 32.4 Å². The van der Waals surface area contributed by atoms with Crippen LogP contribution in [0.1, 0.15) is 0 Å². The van der Waals surface area contributed by atoms with E-state index in [0.29, 0.717) is 10.1 Å². The van der Waals surface area contributed by atoms with Crippen LogP contribution in [0.4, 0.5) is 11.4 Å². The Bertz CT molecular complexity index is 1250. The van der Waals surface area contributed by atoms with Crippen LogP contribution in [0.3, 0.4) is 0 Å². The predicted molar refractivity (Wildman–Crippen MR) is 126 cm³/mol.